The van der Waals surface area contributed by atoms with Crippen molar-refractivity contribution in [2.75, 3.05) is 13.1 Å². The summed E-state index contributed by atoms with van der Waals surface area (Å²) in [5, 5.41) is 11.9. The smallest absolute Gasteiger partial charge is 0.211 e. The van der Waals surface area contributed by atoms with Crippen molar-refractivity contribution in [3.63, 3.8) is 0 Å². The van der Waals surface area contributed by atoms with E-state index in [0.29, 0.717) is 0 Å². The van der Waals surface area contributed by atoms with E-state index in [2.05, 4.69) is 14.7 Å². The highest BCUT2D eigenvalue weighted by atomic mass is 32.2. The zero-order chi connectivity index (χ0) is 13.6. The maximum atomic E-state index is 13.2. The Balaban J connectivity index is 3.03. The molecule has 18 heavy (non-hydrogen) atoms. The van der Waals surface area contributed by atoms with E-state index < -0.39 is 26.3 Å². The molecule has 7 nitrogen and oxygen atoms in total. The zero-order valence-electron chi connectivity index (χ0n) is 9.04. The summed E-state index contributed by atoms with van der Waals surface area (Å²) in [6.45, 7) is -0.208. The fourth-order valence-corrected chi connectivity index (χ4v) is 2.37. The first-order valence-electron chi connectivity index (χ1n) is 4.72. The third-order valence-electron chi connectivity index (χ3n) is 1.94. The highest BCUT2D eigenvalue weighted by Gasteiger charge is 2.20. The van der Waals surface area contributed by atoms with E-state index in [1.54, 1.807) is 0 Å². The van der Waals surface area contributed by atoms with Crippen LogP contribution < -0.4 is 4.72 Å². The van der Waals surface area contributed by atoms with Crippen molar-refractivity contribution in [1.29, 1.82) is 5.26 Å². The third-order valence-corrected chi connectivity index (χ3v) is 3.45. The summed E-state index contributed by atoms with van der Waals surface area (Å²) in [6.07, 6.45) is 0. The third kappa shape index (κ3) is 3.18. The maximum absolute atomic E-state index is 13.2. The van der Waals surface area contributed by atoms with Crippen LogP contribution in [0.25, 0.3) is 10.4 Å². The Kier molecular flexibility index (Phi) is 4.62. The van der Waals surface area contributed by atoms with Crippen molar-refractivity contribution in [1.82, 2.24) is 4.72 Å². The fraction of sp³-hybridized carbons (Fsp3) is 0.222. The Hall–Kier alpha value is -2.14. The van der Waals surface area contributed by atoms with Crippen LogP contribution in [0.4, 0.5) is 4.39 Å². The van der Waals surface area contributed by atoms with Crippen LogP contribution in [0.2, 0.25) is 0 Å². The summed E-state index contributed by atoms with van der Waals surface area (Å²) in [5.41, 5.74) is 7.47. The molecule has 0 saturated carbocycles. The molecule has 1 aromatic carbocycles. The van der Waals surface area contributed by atoms with Gasteiger partial charge in [0.25, 0.3) is 0 Å². The second-order valence-corrected chi connectivity index (χ2v) is 4.81. The molecule has 0 aromatic heterocycles. The van der Waals surface area contributed by atoms with E-state index in [1.807, 2.05) is 0 Å². The van der Waals surface area contributed by atoms with Crippen LogP contribution in [-0.4, -0.2) is 21.5 Å². The molecule has 0 radical (unpaired) electrons. The maximum Gasteiger partial charge on any atom is 0.241 e. The molecule has 94 valence electrons. The van der Waals surface area contributed by atoms with Gasteiger partial charge in [0.2, 0.25) is 10.0 Å². The molecule has 0 heterocycles. The van der Waals surface area contributed by atoms with E-state index >= 15 is 0 Å². The molecule has 1 aromatic rings. The van der Waals surface area contributed by atoms with E-state index in [4.69, 9.17) is 10.8 Å². The molecule has 1 rings (SSSR count). The minimum absolute atomic E-state index is 0.0765. The van der Waals surface area contributed by atoms with Gasteiger partial charge in [0.1, 0.15) is 22.3 Å². The van der Waals surface area contributed by atoms with E-state index in [9.17, 15) is 12.8 Å². The first-order chi connectivity index (χ1) is 8.53. The van der Waals surface area contributed by atoms with Gasteiger partial charge in [-0.15, -0.1) is 0 Å². The van der Waals surface area contributed by atoms with Gasteiger partial charge in [0, 0.05) is 18.0 Å². The lowest BCUT2D eigenvalue weighted by Gasteiger charge is -2.07. The van der Waals surface area contributed by atoms with Gasteiger partial charge < -0.3 is 0 Å². The van der Waals surface area contributed by atoms with Gasteiger partial charge in [-0.2, -0.15) is 5.26 Å². The molecule has 0 aliphatic rings. The number of rotatable bonds is 5. The standard InChI is InChI=1S/C9H8FN5O2S/c10-8-2-1-3-9(7(8)6-11)18(16,17)14-5-4-13-15-12/h1-3,14H,4-5H2. The van der Waals surface area contributed by atoms with Crippen molar-refractivity contribution in [3.05, 3.63) is 40.0 Å². The predicted molar refractivity (Wildman–Crippen MR) is 60.3 cm³/mol. The van der Waals surface area contributed by atoms with Crippen LogP contribution in [0.5, 0.6) is 0 Å². The Morgan fingerprint density at radius 3 is 2.89 bits per heavy atom. The van der Waals surface area contributed by atoms with Crippen LogP contribution in [0.3, 0.4) is 0 Å². The Bertz CT molecular complexity index is 631. The molecule has 0 saturated heterocycles. The van der Waals surface area contributed by atoms with Crippen LogP contribution in [0.1, 0.15) is 5.56 Å². The molecule has 0 aliphatic carbocycles. The lowest BCUT2D eigenvalue weighted by Crippen LogP contribution is -2.27. The summed E-state index contributed by atoms with van der Waals surface area (Å²) in [4.78, 5) is 2.01. The molecular formula is C9H8FN5O2S. The number of sulfonamides is 1. The molecule has 9 heteroatoms. The largest absolute Gasteiger partial charge is 0.241 e. The lowest BCUT2D eigenvalue weighted by molar-refractivity contribution is 0.577. The second kappa shape index (κ2) is 5.97. The Morgan fingerprint density at radius 1 is 1.56 bits per heavy atom. The quantitative estimate of drug-likeness (QED) is 0.375. The zero-order valence-corrected chi connectivity index (χ0v) is 9.85. The van der Waals surface area contributed by atoms with Crippen LogP contribution in [0.15, 0.2) is 28.2 Å². The van der Waals surface area contributed by atoms with Gasteiger partial charge in [-0.05, 0) is 17.7 Å². The minimum atomic E-state index is -4.00. The first-order valence-corrected chi connectivity index (χ1v) is 6.20. The Labute approximate surface area is 103 Å². The van der Waals surface area contributed by atoms with Gasteiger partial charge in [-0.3, -0.25) is 0 Å². The Morgan fingerprint density at radius 2 is 2.28 bits per heavy atom. The van der Waals surface area contributed by atoms with Crippen molar-refractivity contribution in [3.8, 4) is 6.07 Å². The average molecular weight is 269 g/mol. The van der Waals surface area contributed by atoms with Gasteiger partial charge in [0.05, 0.1) is 0 Å². The van der Waals surface area contributed by atoms with Gasteiger partial charge in [-0.25, -0.2) is 17.5 Å². The number of benzene rings is 1. The summed E-state index contributed by atoms with van der Waals surface area (Å²) in [5.74, 6) is -0.907. The molecule has 1 N–H and O–H groups in total. The number of hydrogen-bond donors (Lipinski definition) is 1. The van der Waals surface area contributed by atoms with E-state index in [-0.39, 0.29) is 13.1 Å². The predicted octanol–water partition coefficient (Wildman–Crippen LogP) is 1.29. The molecule has 0 aliphatic heterocycles. The highest BCUT2D eigenvalue weighted by Crippen LogP contribution is 2.17. The van der Waals surface area contributed by atoms with Gasteiger partial charge >= 0.3 is 0 Å². The normalized spacial score (nSPS) is 10.4. The summed E-state index contributed by atoms with van der Waals surface area (Å²) in [7, 11) is -4.00. The topological polar surface area (TPSA) is 119 Å². The number of azide groups is 1. The molecule has 0 bridgehead atoms. The minimum Gasteiger partial charge on any atom is -0.211 e. The van der Waals surface area contributed by atoms with Gasteiger partial charge in [-0.1, -0.05) is 11.2 Å². The summed E-state index contributed by atoms with van der Waals surface area (Å²) >= 11 is 0. The SMILES string of the molecule is N#Cc1c(F)cccc1S(=O)(=O)NCCN=[N+]=[N-]. The number of nitrogens with zero attached hydrogens (tertiary/aromatic N) is 4. The lowest BCUT2D eigenvalue weighted by atomic mass is 10.2. The second-order valence-electron chi connectivity index (χ2n) is 3.08. The van der Waals surface area contributed by atoms with Crippen molar-refractivity contribution < 1.29 is 12.8 Å². The molecule has 0 atom stereocenters. The van der Waals surface area contributed by atoms with E-state index in [1.165, 1.54) is 12.1 Å². The molecule has 0 spiro atoms. The van der Waals surface area contributed by atoms with Crippen LogP contribution in [0, 0.1) is 17.1 Å². The van der Waals surface area contributed by atoms with Crippen molar-refractivity contribution >= 4 is 10.0 Å². The number of halogens is 1. The molecule has 0 amide bonds. The van der Waals surface area contributed by atoms with Gasteiger partial charge in [0.15, 0.2) is 0 Å². The molecule has 0 unspecified atom stereocenters. The van der Waals surface area contributed by atoms with Crippen LogP contribution >= 0.6 is 0 Å². The molecular weight excluding hydrogens is 261 g/mol. The molecule has 0 fully saturated rings. The first kappa shape index (κ1) is 13.9. The van der Waals surface area contributed by atoms with Crippen molar-refractivity contribution in [2.45, 2.75) is 4.90 Å². The van der Waals surface area contributed by atoms with E-state index in [0.717, 1.165) is 12.1 Å². The summed E-state index contributed by atoms with van der Waals surface area (Å²) < 4.78 is 38.9. The number of nitrogens with one attached hydrogen (secondary N) is 1. The van der Waals surface area contributed by atoms with Crippen LogP contribution in [-0.2, 0) is 10.0 Å². The summed E-state index contributed by atoms with van der Waals surface area (Å²) in [6, 6.07) is 4.81. The monoisotopic (exact) mass is 269 g/mol. The highest BCUT2D eigenvalue weighted by molar-refractivity contribution is 7.89. The number of hydrogen-bond acceptors (Lipinski definition) is 4. The average Bonchev–Trinajstić information content (AvgIpc) is 2.34. The van der Waals surface area contributed by atoms with Crippen molar-refractivity contribution in [2.24, 2.45) is 5.11 Å². The number of nitriles is 1. The fourth-order valence-electron chi connectivity index (χ4n) is 1.19.